The molecule has 7 heteroatoms. The van der Waals surface area contributed by atoms with E-state index in [2.05, 4.69) is 11.8 Å². The first-order valence-electron chi connectivity index (χ1n) is 11.6. The molecule has 0 bridgehead atoms. The molecule has 1 saturated heterocycles. The topological polar surface area (TPSA) is 60.9 Å². The zero-order chi connectivity index (χ0) is 23.5. The van der Waals surface area contributed by atoms with Crippen molar-refractivity contribution in [2.75, 3.05) is 31.6 Å². The van der Waals surface area contributed by atoms with E-state index in [4.69, 9.17) is 0 Å². The predicted octanol–water partition coefficient (Wildman–Crippen LogP) is 4.10. The number of rotatable bonds is 7. The van der Waals surface area contributed by atoms with E-state index < -0.39 is 5.82 Å². The highest BCUT2D eigenvalue weighted by Crippen LogP contribution is 2.35. The summed E-state index contributed by atoms with van der Waals surface area (Å²) in [7, 11) is 1.85. The molecular formula is C26H30FN3O3. The van der Waals surface area contributed by atoms with Crippen LogP contribution in [-0.2, 0) is 11.3 Å². The number of carbonyl (C=O) groups is 3. The Morgan fingerprint density at radius 3 is 2.70 bits per heavy atom. The van der Waals surface area contributed by atoms with E-state index in [1.165, 1.54) is 17.0 Å². The van der Waals surface area contributed by atoms with Gasteiger partial charge in [0.15, 0.2) is 0 Å². The average Bonchev–Trinajstić information content (AvgIpc) is 3.07. The standard InChI is InChI=1S/C26H30FN3O3/c1-3-4-13-28(2)24(31)19-9-7-14-29(17-19)22-12-6-11-21-23(22)26(33)30(25(21)32)16-18-8-5-10-20(27)15-18/h5-6,8,10-12,15,19H,3-4,7,9,13-14,16-17H2,1-2H3/t19-/m1/s1. The SMILES string of the molecule is CCCCN(C)C(=O)[C@@H]1CCCN(c2cccc3c2C(=O)N(Cc2cccc(F)c2)C3=O)C1. The van der Waals surface area contributed by atoms with Crippen LogP contribution in [0, 0.1) is 11.7 Å². The second-order valence-electron chi connectivity index (χ2n) is 8.92. The number of anilines is 1. The number of nitrogens with zero attached hydrogens (tertiary/aromatic N) is 3. The van der Waals surface area contributed by atoms with Crippen LogP contribution >= 0.6 is 0 Å². The van der Waals surface area contributed by atoms with E-state index >= 15 is 0 Å². The van der Waals surface area contributed by atoms with E-state index in [0.29, 0.717) is 28.9 Å². The number of hydrogen-bond acceptors (Lipinski definition) is 4. The van der Waals surface area contributed by atoms with E-state index in [1.54, 1.807) is 24.3 Å². The monoisotopic (exact) mass is 451 g/mol. The molecule has 2 aliphatic rings. The van der Waals surface area contributed by atoms with Crippen LogP contribution in [0.2, 0.25) is 0 Å². The third kappa shape index (κ3) is 4.63. The number of halogens is 1. The third-order valence-corrected chi connectivity index (χ3v) is 6.54. The third-order valence-electron chi connectivity index (χ3n) is 6.54. The van der Waals surface area contributed by atoms with Gasteiger partial charge in [0.25, 0.3) is 11.8 Å². The van der Waals surface area contributed by atoms with Crippen LogP contribution in [0.15, 0.2) is 42.5 Å². The van der Waals surface area contributed by atoms with Gasteiger partial charge >= 0.3 is 0 Å². The largest absolute Gasteiger partial charge is 0.370 e. The van der Waals surface area contributed by atoms with Crippen LogP contribution in [0.25, 0.3) is 0 Å². The molecule has 0 saturated carbocycles. The maximum atomic E-state index is 13.6. The minimum atomic E-state index is -0.405. The lowest BCUT2D eigenvalue weighted by molar-refractivity contribution is -0.134. The van der Waals surface area contributed by atoms with Crippen molar-refractivity contribution in [2.45, 2.75) is 39.2 Å². The van der Waals surface area contributed by atoms with Crippen LogP contribution < -0.4 is 4.90 Å². The van der Waals surface area contributed by atoms with Crippen LogP contribution in [0.1, 0.15) is 58.9 Å². The molecule has 2 aromatic rings. The molecular weight excluding hydrogens is 421 g/mol. The molecule has 0 unspecified atom stereocenters. The van der Waals surface area contributed by atoms with E-state index in [1.807, 2.05) is 18.0 Å². The molecule has 174 valence electrons. The summed E-state index contributed by atoms with van der Waals surface area (Å²) >= 11 is 0. The lowest BCUT2D eigenvalue weighted by Crippen LogP contribution is -2.44. The van der Waals surface area contributed by atoms with Crippen molar-refractivity contribution in [2.24, 2.45) is 5.92 Å². The van der Waals surface area contributed by atoms with Crippen molar-refractivity contribution in [3.63, 3.8) is 0 Å². The molecule has 2 aliphatic heterocycles. The Kier molecular flexibility index (Phi) is 6.77. The summed E-state index contributed by atoms with van der Waals surface area (Å²) in [6.07, 6.45) is 3.67. The van der Waals surface area contributed by atoms with Gasteiger partial charge in [-0.05, 0) is 49.1 Å². The van der Waals surface area contributed by atoms with Gasteiger partial charge in [-0.1, -0.05) is 31.5 Å². The second-order valence-corrected chi connectivity index (χ2v) is 8.92. The number of carbonyl (C=O) groups excluding carboxylic acids is 3. The summed E-state index contributed by atoms with van der Waals surface area (Å²) in [5.74, 6) is -1.14. The van der Waals surface area contributed by atoms with Gasteiger partial charge in [-0.15, -0.1) is 0 Å². The summed E-state index contributed by atoms with van der Waals surface area (Å²) in [5, 5.41) is 0. The Bertz CT molecular complexity index is 1070. The first-order valence-corrected chi connectivity index (χ1v) is 11.6. The Morgan fingerprint density at radius 2 is 1.94 bits per heavy atom. The van der Waals surface area contributed by atoms with Crippen molar-refractivity contribution in [1.29, 1.82) is 0 Å². The molecule has 33 heavy (non-hydrogen) atoms. The molecule has 0 aliphatic carbocycles. The Balaban J connectivity index is 1.55. The second kappa shape index (κ2) is 9.73. The molecule has 0 aromatic heterocycles. The van der Waals surface area contributed by atoms with Crippen molar-refractivity contribution >= 4 is 23.4 Å². The van der Waals surface area contributed by atoms with Crippen molar-refractivity contribution < 1.29 is 18.8 Å². The first-order chi connectivity index (χ1) is 15.9. The Morgan fingerprint density at radius 1 is 1.15 bits per heavy atom. The maximum absolute atomic E-state index is 13.6. The smallest absolute Gasteiger partial charge is 0.263 e. The summed E-state index contributed by atoms with van der Waals surface area (Å²) in [6.45, 7) is 4.12. The molecule has 0 spiro atoms. The normalized spacial score (nSPS) is 18.0. The van der Waals surface area contributed by atoms with E-state index in [9.17, 15) is 18.8 Å². The number of piperidine rings is 1. The van der Waals surface area contributed by atoms with Gasteiger partial charge < -0.3 is 9.80 Å². The molecule has 2 heterocycles. The zero-order valence-corrected chi connectivity index (χ0v) is 19.2. The molecule has 4 rings (SSSR count). The van der Waals surface area contributed by atoms with Crippen molar-refractivity contribution in [3.8, 4) is 0 Å². The average molecular weight is 452 g/mol. The van der Waals surface area contributed by atoms with Gasteiger partial charge in [0.2, 0.25) is 5.91 Å². The van der Waals surface area contributed by atoms with Crippen LogP contribution in [0.4, 0.5) is 10.1 Å². The first kappa shape index (κ1) is 23.0. The lowest BCUT2D eigenvalue weighted by atomic mass is 9.95. The highest BCUT2D eigenvalue weighted by Gasteiger charge is 2.39. The number of fused-ring (bicyclic) bond motifs is 1. The summed E-state index contributed by atoms with van der Waals surface area (Å²) in [5.41, 5.74) is 2.00. The number of benzene rings is 2. The Labute approximate surface area is 194 Å². The minimum absolute atomic E-state index is 0.0207. The molecule has 6 nitrogen and oxygen atoms in total. The van der Waals surface area contributed by atoms with E-state index in [-0.39, 0.29) is 30.2 Å². The fourth-order valence-electron chi connectivity index (χ4n) is 4.76. The van der Waals surface area contributed by atoms with Crippen LogP contribution in [0.3, 0.4) is 0 Å². The summed E-state index contributed by atoms with van der Waals surface area (Å²) in [4.78, 5) is 44.3. The fraction of sp³-hybridized carbons (Fsp3) is 0.423. The van der Waals surface area contributed by atoms with Gasteiger partial charge in [-0.2, -0.15) is 0 Å². The lowest BCUT2D eigenvalue weighted by Gasteiger charge is -2.36. The summed E-state index contributed by atoms with van der Waals surface area (Å²) < 4.78 is 13.6. The number of unbranched alkanes of at least 4 members (excludes halogenated alkanes) is 1. The van der Waals surface area contributed by atoms with Crippen LogP contribution in [0.5, 0.6) is 0 Å². The maximum Gasteiger partial charge on any atom is 0.263 e. The number of hydrogen-bond donors (Lipinski definition) is 0. The van der Waals surface area contributed by atoms with Gasteiger partial charge in [0, 0.05) is 26.7 Å². The van der Waals surface area contributed by atoms with Gasteiger partial charge in [0.1, 0.15) is 5.82 Å². The minimum Gasteiger partial charge on any atom is -0.370 e. The highest BCUT2D eigenvalue weighted by molar-refractivity contribution is 6.23. The molecule has 0 N–H and O–H groups in total. The highest BCUT2D eigenvalue weighted by atomic mass is 19.1. The van der Waals surface area contributed by atoms with E-state index in [0.717, 1.165) is 38.8 Å². The molecule has 3 amide bonds. The molecule has 0 radical (unpaired) electrons. The Hall–Kier alpha value is -3.22. The molecule has 1 atom stereocenters. The zero-order valence-electron chi connectivity index (χ0n) is 19.2. The van der Waals surface area contributed by atoms with Crippen LogP contribution in [-0.4, -0.2) is 54.2 Å². The number of imide groups is 1. The number of amides is 3. The van der Waals surface area contributed by atoms with Gasteiger partial charge in [-0.3, -0.25) is 19.3 Å². The van der Waals surface area contributed by atoms with Gasteiger partial charge in [-0.25, -0.2) is 4.39 Å². The summed E-state index contributed by atoms with van der Waals surface area (Å²) in [6, 6.07) is 11.2. The van der Waals surface area contributed by atoms with Crippen molar-refractivity contribution in [3.05, 3.63) is 65.0 Å². The quantitative estimate of drug-likeness (QED) is 0.595. The van der Waals surface area contributed by atoms with Crippen molar-refractivity contribution in [1.82, 2.24) is 9.80 Å². The molecule has 2 aromatic carbocycles. The fourth-order valence-corrected chi connectivity index (χ4v) is 4.76. The molecule has 1 fully saturated rings. The predicted molar refractivity (Wildman–Crippen MR) is 125 cm³/mol. The van der Waals surface area contributed by atoms with Gasteiger partial charge in [0.05, 0.1) is 29.3 Å².